The molecular formula is C14H13BrO. The molecule has 0 aliphatic rings. The third-order valence-electron chi connectivity index (χ3n) is 2.29. The van der Waals surface area contributed by atoms with Gasteiger partial charge in [0.05, 0.1) is 6.61 Å². The van der Waals surface area contributed by atoms with Crippen LogP contribution < -0.4 is 4.74 Å². The van der Waals surface area contributed by atoms with E-state index in [0.29, 0.717) is 6.61 Å². The van der Waals surface area contributed by atoms with E-state index >= 15 is 0 Å². The van der Waals surface area contributed by atoms with Crippen LogP contribution in [0.4, 0.5) is 0 Å². The molecule has 0 unspecified atom stereocenters. The summed E-state index contributed by atoms with van der Waals surface area (Å²) in [5, 5.41) is 0.850. The molecule has 82 valence electrons. The van der Waals surface area contributed by atoms with Crippen LogP contribution >= 0.6 is 15.9 Å². The van der Waals surface area contributed by atoms with Crippen LogP contribution in [0.3, 0.4) is 0 Å². The highest BCUT2D eigenvalue weighted by atomic mass is 79.9. The summed E-state index contributed by atoms with van der Waals surface area (Å²) in [5.41, 5.74) is 2.40. The molecule has 0 aliphatic carbocycles. The van der Waals surface area contributed by atoms with Gasteiger partial charge in [-0.25, -0.2) is 0 Å². The summed E-state index contributed by atoms with van der Waals surface area (Å²) in [4.78, 5) is 0. The molecule has 0 saturated heterocycles. The van der Waals surface area contributed by atoms with Gasteiger partial charge < -0.3 is 4.74 Å². The monoisotopic (exact) mass is 276 g/mol. The zero-order valence-corrected chi connectivity index (χ0v) is 10.5. The first kappa shape index (κ1) is 11.2. The highest BCUT2D eigenvalue weighted by molar-refractivity contribution is 9.09. The third kappa shape index (κ3) is 2.86. The summed E-state index contributed by atoms with van der Waals surface area (Å²) in [6, 6.07) is 18.5. The lowest BCUT2D eigenvalue weighted by Gasteiger charge is -2.06. The van der Waals surface area contributed by atoms with Crippen molar-refractivity contribution in [3.05, 3.63) is 54.6 Å². The number of ether oxygens (including phenoxy) is 1. The minimum atomic E-state index is 0.693. The second-order valence-corrected chi connectivity index (χ2v) is 4.22. The SMILES string of the molecule is BrCCOc1cccc(-c2ccccc2)c1. The fourth-order valence-corrected chi connectivity index (χ4v) is 1.71. The molecule has 0 atom stereocenters. The lowest BCUT2D eigenvalue weighted by Crippen LogP contribution is -1.97. The molecule has 0 spiro atoms. The lowest BCUT2D eigenvalue weighted by atomic mass is 10.1. The van der Waals surface area contributed by atoms with Crippen LogP contribution in [0.25, 0.3) is 11.1 Å². The maximum Gasteiger partial charge on any atom is 0.119 e. The van der Waals surface area contributed by atoms with Gasteiger partial charge in [0.25, 0.3) is 0 Å². The first-order chi connectivity index (χ1) is 7.90. The van der Waals surface area contributed by atoms with Gasteiger partial charge in [0.1, 0.15) is 5.75 Å². The molecular weight excluding hydrogens is 264 g/mol. The van der Waals surface area contributed by atoms with Crippen molar-refractivity contribution >= 4 is 15.9 Å². The Kier molecular flexibility index (Phi) is 4.00. The van der Waals surface area contributed by atoms with Gasteiger partial charge in [-0.05, 0) is 23.3 Å². The Morgan fingerprint density at radius 3 is 2.38 bits per heavy atom. The van der Waals surface area contributed by atoms with Gasteiger partial charge in [0.15, 0.2) is 0 Å². The Hall–Kier alpha value is -1.28. The molecule has 0 N–H and O–H groups in total. The molecule has 0 aromatic heterocycles. The zero-order chi connectivity index (χ0) is 11.2. The fraction of sp³-hybridized carbons (Fsp3) is 0.143. The second kappa shape index (κ2) is 5.71. The maximum absolute atomic E-state index is 5.57. The number of benzene rings is 2. The van der Waals surface area contributed by atoms with E-state index in [1.165, 1.54) is 11.1 Å². The summed E-state index contributed by atoms with van der Waals surface area (Å²) >= 11 is 3.35. The summed E-state index contributed by atoms with van der Waals surface area (Å²) < 4.78 is 5.57. The number of hydrogen-bond acceptors (Lipinski definition) is 1. The van der Waals surface area contributed by atoms with E-state index < -0.39 is 0 Å². The van der Waals surface area contributed by atoms with E-state index in [-0.39, 0.29) is 0 Å². The molecule has 0 fully saturated rings. The molecule has 2 aromatic carbocycles. The average Bonchev–Trinajstić information content (AvgIpc) is 2.38. The van der Waals surface area contributed by atoms with Crippen molar-refractivity contribution in [2.45, 2.75) is 0 Å². The Balaban J connectivity index is 2.22. The van der Waals surface area contributed by atoms with Crippen molar-refractivity contribution in [2.75, 3.05) is 11.9 Å². The Morgan fingerprint density at radius 1 is 0.875 bits per heavy atom. The van der Waals surface area contributed by atoms with E-state index in [9.17, 15) is 0 Å². The predicted octanol–water partition coefficient (Wildman–Crippen LogP) is 4.13. The molecule has 0 heterocycles. The van der Waals surface area contributed by atoms with Gasteiger partial charge in [-0.15, -0.1) is 0 Å². The topological polar surface area (TPSA) is 9.23 Å². The van der Waals surface area contributed by atoms with Crippen molar-refractivity contribution < 1.29 is 4.74 Å². The van der Waals surface area contributed by atoms with Gasteiger partial charge in [0.2, 0.25) is 0 Å². The quantitative estimate of drug-likeness (QED) is 0.763. The van der Waals surface area contributed by atoms with Gasteiger partial charge in [0, 0.05) is 5.33 Å². The van der Waals surface area contributed by atoms with Crippen LogP contribution in [-0.4, -0.2) is 11.9 Å². The Bertz CT molecular complexity index is 439. The molecule has 0 amide bonds. The maximum atomic E-state index is 5.57. The Labute approximate surface area is 104 Å². The summed E-state index contributed by atoms with van der Waals surface area (Å²) in [5.74, 6) is 0.917. The molecule has 1 nitrogen and oxygen atoms in total. The lowest BCUT2D eigenvalue weighted by molar-refractivity contribution is 0.345. The third-order valence-corrected chi connectivity index (χ3v) is 2.61. The van der Waals surface area contributed by atoms with Gasteiger partial charge in [-0.2, -0.15) is 0 Å². The van der Waals surface area contributed by atoms with Crippen molar-refractivity contribution in [3.63, 3.8) is 0 Å². The van der Waals surface area contributed by atoms with Crippen molar-refractivity contribution in [1.82, 2.24) is 0 Å². The molecule has 0 bridgehead atoms. The first-order valence-corrected chi connectivity index (χ1v) is 6.36. The van der Waals surface area contributed by atoms with Crippen LogP contribution in [0.1, 0.15) is 0 Å². The Morgan fingerprint density at radius 2 is 1.62 bits per heavy atom. The van der Waals surface area contributed by atoms with Crippen LogP contribution in [-0.2, 0) is 0 Å². The van der Waals surface area contributed by atoms with Crippen LogP contribution in [0, 0.1) is 0 Å². The van der Waals surface area contributed by atoms with E-state index in [1.807, 2.05) is 30.3 Å². The van der Waals surface area contributed by atoms with Crippen molar-refractivity contribution in [2.24, 2.45) is 0 Å². The second-order valence-electron chi connectivity index (χ2n) is 3.43. The van der Waals surface area contributed by atoms with E-state index in [2.05, 4.69) is 40.2 Å². The van der Waals surface area contributed by atoms with E-state index in [0.717, 1.165) is 11.1 Å². The minimum Gasteiger partial charge on any atom is -0.493 e. The van der Waals surface area contributed by atoms with E-state index in [4.69, 9.17) is 4.74 Å². The van der Waals surface area contributed by atoms with Gasteiger partial charge in [-0.1, -0.05) is 58.4 Å². The highest BCUT2D eigenvalue weighted by Gasteiger charge is 1.98. The van der Waals surface area contributed by atoms with Crippen LogP contribution in [0.15, 0.2) is 54.6 Å². The molecule has 0 radical (unpaired) electrons. The fourth-order valence-electron chi connectivity index (χ4n) is 1.55. The standard InChI is InChI=1S/C14H13BrO/c15-9-10-16-14-8-4-7-13(11-14)12-5-2-1-3-6-12/h1-8,11H,9-10H2. The van der Waals surface area contributed by atoms with Crippen molar-refractivity contribution in [1.29, 1.82) is 0 Å². The predicted molar refractivity (Wildman–Crippen MR) is 71.2 cm³/mol. The normalized spacial score (nSPS) is 10.1. The van der Waals surface area contributed by atoms with Crippen LogP contribution in [0.5, 0.6) is 5.75 Å². The summed E-state index contributed by atoms with van der Waals surface area (Å²) in [7, 11) is 0. The largest absolute Gasteiger partial charge is 0.493 e. The van der Waals surface area contributed by atoms with Crippen molar-refractivity contribution in [3.8, 4) is 16.9 Å². The number of halogens is 1. The summed E-state index contributed by atoms with van der Waals surface area (Å²) in [6.07, 6.45) is 0. The molecule has 16 heavy (non-hydrogen) atoms. The molecule has 2 aromatic rings. The zero-order valence-electron chi connectivity index (χ0n) is 8.90. The minimum absolute atomic E-state index is 0.693. The molecule has 2 heteroatoms. The van der Waals surface area contributed by atoms with E-state index in [1.54, 1.807) is 0 Å². The van der Waals surface area contributed by atoms with Gasteiger partial charge in [-0.3, -0.25) is 0 Å². The average molecular weight is 277 g/mol. The smallest absolute Gasteiger partial charge is 0.119 e. The number of hydrogen-bond donors (Lipinski definition) is 0. The van der Waals surface area contributed by atoms with Crippen LogP contribution in [0.2, 0.25) is 0 Å². The summed E-state index contributed by atoms with van der Waals surface area (Å²) in [6.45, 7) is 0.693. The molecule has 0 saturated carbocycles. The molecule has 0 aliphatic heterocycles. The number of alkyl halides is 1. The highest BCUT2D eigenvalue weighted by Crippen LogP contribution is 2.23. The number of rotatable bonds is 4. The first-order valence-electron chi connectivity index (χ1n) is 5.24. The van der Waals surface area contributed by atoms with Gasteiger partial charge >= 0.3 is 0 Å². The molecule has 2 rings (SSSR count).